The van der Waals surface area contributed by atoms with Crippen molar-refractivity contribution in [1.29, 1.82) is 0 Å². The van der Waals surface area contributed by atoms with Crippen molar-refractivity contribution in [2.75, 3.05) is 11.6 Å². The number of carbonyl (C=O) groups is 1. The van der Waals surface area contributed by atoms with E-state index < -0.39 is 5.97 Å². The quantitative estimate of drug-likeness (QED) is 0.596. The molecule has 0 amide bonds. The second-order valence-corrected chi connectivity index (χ2v) is 6.37. The molecule has 1 aromatic carbocycles. The lowest BCUT2D eigenvalue weighted by Crippen LogP contribution is -2.13. The number of hydrogen-bond donors (Lipinski definition) is 2. The lowest BCUT2D eigenvalue weighted by molar-refractivity contribution is 0.0696. The molecule has 1 aromatic heterocycles. The van der Waals surface area contributed by atoms with Gasteiger partial charge in [-0.2, -0.15) is 11.8 Å². The number of rotatable bonds is 7. The second kappa shape index (κ2) is 7.37. The maximum atomic E-state index is 11.2. The summed E-state index contributed by atoms with van der Waals surface area (Å²) in [6, 6.07) is 6.91. The fourth-order valence-electron chi connectivity index (χ4n) is 1.69. The number of nitrogens with two attached hydrogens (primary N) is 1. The maximum Gasteiger partial charge on any atom is 0.335 e. The number of benzene rings is 1. The van der Waals surface area contributed by atoms with Crippen LogP contribution in [0, 0.1) is 0 Å². The van der Waals surface area contributed by atoms with Gasteiger partial charge in [0.1, 0.15) is 0 Å². The largest absolute Gasteiger partial charge is 0.478 e. The molecule has 21 heavy (non-hydrogen) atoms. The van der Waals surface area contributed by atoms with Gasteiger partial charge in [0.05, 0.1) is 11.3 Å². The third kappa shape index (κ3) is 3.92. The Hall–Kier alpha value is -1.67. The summed E-state index contributed by atoms with van der Waals surface area (Å²) in [7, 11) is 0. The first kappa shape index (κ1) is 15.7. The zero-order valence-electron chi connectivity index (χ0n) is 11.5. The van der Waals surface area contributed by atoms with Crippen LogP contribution in [-0.4, -0.2) is 31.7 Å². The van der Waals surface area contributed by atoms with Crippen LogP contribution in [0.1, 0.15) is 28.7 Å². The smallest absolute Gasteiger partial charge is 0.335 e. The molecule has 0 fully saturated rings. The molecule has 0 unspecified atom stereocenters. The summed E-state index contributed by atoms with van der Waals surface area (Å²) in [4.78, 5) is 11.2. The summed E-state index contributed by atoms with van der Waals surface area (Å²) in [6.07, 6.45) is 0. The SMILES string of the molecule is CCSCc1nnc(SCc2ccccc2C(=O)O)n1N. The molecule has 0 aliphatic carbocycles. The van der Waals surface area contributed by atoms with Crippen LogP contribution in [0.15, 0.2) is 29.4 Å². The van der Waals surface area contributed by atoms with Crippen LogP contribution in [0.2, 0.25) is 0 Å². The highest BCUT2D eigenvalue weighted by atomic mass is 32.2. The van der Waals surface area contributed by atoms with E-state index >= 15 is 0 Å². The Morgan fingerprint density at radius 2 is 2.10 bits per heavy atom. The van der Waals surface area contributed by atoms with E-state index in [-0.39, 0.29) is 0 Å². The highest BCUT2D eigenvalue weighted by Gasteiger charge is 2.13. The summed E-state index contributed by atoms with van der Waals surface area (Å²) in [5, 5.41) is 17.8. The first-order valence-corrected chi connectivity index (χ1v) is 8.48. The summed E-state index contributed by atoms with van der Waals surface area (Å²) in [6.45, 7) is 2.07. The first-order chi connectivity index (χ1) is 10.1. The lowest BCUT2D eigenvalue weighted by Gasteiger charge is -2.06. The molecule has 1 heterocycles. The Morgan fingerprint density at radius 1 is 1.33 bits per heavy atom. The molecule has 8 heteroatoms. The van der Waals surface area contributed by atoms with E-state index in [1.165, 1.54) is 16.4 Å². The first-order valence-electron chi connectivity index (χ1n) is 6.34. The zero-order chi connectivity index (χ0) is 15.2. The molecule has 6 nitrogen and oxygen atoms in total. The van der Waals surface area contributed by atoms with Crippen molar-refractivity contribution in [1.82, 2.24) is 14.9 Å². The monoisotopic (exact) mass is 324 g/mol. The summed E-state index contributed by atoms with van der Waals surface area (Å²) in [5.41, 5.74) is 1.04. The molecule has 0 spiro atoms. The third-order valence-corrected chi connectivity index (χ3v) is 4.64. The molecule has 3 N–H and O–H groups in total. The van der Waals surface area contributed by atoms with Gasteiger partial charge in [0.25, 0.3) is 0 Å². The predicted octanol–water partition coefficient (Wildman–Crippen LogP) is 2.24. The minimum absolute atomic E-state index is 0.301. The minimum atomic E-state index is -0.930. The molecule has 0 atom stereocenters. The summed E-state index contributed by atoms with van der Waals surface area (Å²) in [5.74, 6) is 7.92. The molecule has 0 saturated heterocycles. The van der Waals surface area contributed by atoms with Crippen molar-refractivity contribution in [3.05, 3.63) is 41.2 Å². The molecule has 2 aromatic rings. The van der Waals surface area contributed by atoms with Crippen LogP contribution >= 0.6 is 23.5 Å². The van der Waals surface area contributed by atoms with Gasteiger partial charge < -0.3 is 10.9 Å². The Bertz CT molecular complexity index is 630. The number of carboxylic acid groups (broad SMARTS) is 1. The van der Waals surface area contributed by atoms with Crippen LogP contribution in [-0.2, 0) is 11.5 Å². The van der Waals surface area contributed by atoms with Gasteiger partial charge in [-0.05, 0) is 17.4 Å². The van der Waals surface area contributed by atoms with E-state index in [1.807, 2.05) is 6.07 Å². The van der Waals surface area contributed by atoms with Gasteiger partial charge in [-0.25, -0.2) is 9.47 Å². The highest BCUT2D eigenvalue weighted by molar-refractivity contribution is 7.98. The van der Waals surface area contributed by atoms with E-state index in [2.05, 4.69) is 17.1 Å². The van der Waals surface area contributed by atoms with E-state index in [1.54, 1.807) is 30.0 Å². The number of hydrogen-bond acceptors (Lipinski definition) is 6. The molecule has 2 rings (SSSR count). The van der Waals surface area contributed by atoms with Crippen molar-refractivity contribution in [3.8, 4) is 0 Å². The molecular formula is C13H16N4O2S2. The number of carboxylic acids is 1. The van der Waals surface area contributed by atoms with E-state index in [0.29, 0.717) is 22.2 Å². The lowest BCUT2D eigenvalue weighted by atomic mass is 10.1. The van der Waals surface area contributed by atoms with Crippen molar-refractivity contribution in [3.63, 3.8) is 0 Å². The van der Waals surface area contributed by atoms with Crippen molar-refractivity contribution in [2.24, 2.45) is 0 Å². The van der Waals surface area contributed by atoms with Gasteiger partial charge >= 0.3 is 5.97 Å². The average Bonchev–Trinajstić information content (AvgIpc) is 2.83. The molecule has 112 valence electrons. The van der Waals surface area contributed by atoms with Crippen LogP contribution in [0.4, 0.5) is 0 Å². The van der Waals surface area contributed by atoms with Crippen molar-refractivity contribution >= 4 is 29.5 Å². The van der Waals surface area contributed by atoms with Gasteiger partial charge in [0.15, 0.2) is 5.82 Å². The average molecular weight is 324 g/mol. The molecule has 0 radical (unpaired) electrons. The number of thioether (sulfide) groups is 2. The summed E-state index contributed by atoms with van der Waals surface area (Å²) >= 11 is 3.10. The number of aromatic carboxylic acids is 1. The highest BCUT2D eigenvalue weighted by Crippen LogP contribution is 2.23. The van der Waals surface area contributed by atoms with Gasteiger partial charge in [0.2, 0.25) is 5.16 Å². The number of nitrogens with zero attached hydrogens (tertiary/aromatic N) is 3. The topological polar surface area (TPSA) is 94.0 Å². The van der Waals surface area contributed by atoms with Gasteiger partial charge in [-0.15, -0.1) is 10.2 Å². The Balaban J connectivity index is 2.07. The van der Waals surface area contributed by atoms with Crippen LogP contribution in [0.5, 0.6) is 0 Å². The van der Waals surface area contributed by atoms with Crippen molar-refractivity contribution < 1.29 is 9.90 Å². The maximum absolute atomic E-state index is 11.2. The van der Waals surface area contributed by atoms with Crippen LogP contribution in [0.3, 0.4) is 0 Å². The minimum Gasteiger partial charge on any atom is -0.478 e. The number of nitrogen functional groups attached to an aromatic ring is 1. The molecule has 0 aliphatic rings. The molecular weight excluding hydrogens is 308 g/mol. The Morgan fingerprint density at radius 3 is 2.81 bits per heavy atom. The van der Waals surface area contributed by atoms with Crippen LogP contribution in [0.25, 0.3) is 0 Å². The second-order valence-electron chi connectivity index (χ2n) is 4.16. The Labute approximate surface area is 131 Å². The third-order valence-electron chi connectivity index (χ3n) is 2.77. The molecule has 0 bridgehead atoms. The van der Waals surface area contributed by atoms with Crippen LogP contribution < -0.4 is 5.84 Å². The zero-order valence-corrected chi connectivity index (χ0v) is 13.2. The van der Waals surface area contributed by atoms with Gasteiger partial charge in [0, 0.05) is 5.75 Å². The molecule has 0 aliphatic heterocycles. The number of aromatic nitrogens is 3. The molecule has 0 saturated carbocycles. The summed E-state index contributed by atoms with van der Waals surface area (Å²) < 4.78 is 1.47. The Kier molecular flexibility index (Phi) is 5.51. The van der Waals surface area contributed by atoms with E-state index in [0.717, 1.165) is 17.1 Å². The fourth-order valence-corrected chi connectivity index (χ4v) is 3.16. The van der Waals surface area contributed by atoms with Gasteiger partial charge in [-0.1, -0.05) is 36.9 Å². The normalized spacial score (nSPS) is 10.7. The van der Waals surface area contributed by atoms with Gasteiger partial charge in [-0.3, -0.25) is 0 Å². The van der Waals surface area contributed by atoms with Crippen molar-refractivity contribution in [2.45, 2.75) is 23.6 Å². The fraction of sp³-hybridized carbons (Fsp3) is 0.308. The van der Waals surface area contributed by atoms with E-state index in [9.17, 15) is 4.79 Å². The standard InChI is InChI=1S/C13H16N4O2S2/c1-2-20-8-11-15-16-13(17(11)14)21-7-9-5-3-4-6-10(9)12(18)19/h3-6H,2,7-8,14H2,1H3,(H,18,19). The predicted molar refractivity (Wildman–Crippen MR) is 85.0 cm³/mol. The van der Waals surface area contributed by atoms with E-state index in [4.69, 9.17) is 10.9 Å².